The highest BCUT2D eigenvalue weighted by atomic mass is 32.2. The maximum Gasteiger partial charge on any atom is 0.243 e. The van der Waals surface area contributed by atoms with Crippen molar-refractivity contribution in [3.63, 3.8) is 0 Å². The highest BCUT2D eigenvalue weighted by molar-refractivity contribution is 7.89. The van der Waals surface area contributed by atoms with Crippen molar-refractivity contribution in [2.24, 2.45) is 5.92 Å². The molecule has 4 rings (SSSR count). The van der Waals surface area contributed by atoms with Crippen LogP contribution in [-0.2, 0) is 26.0 Å². The predicted molar refractivity (Wildman–Crippen MR) is 129 cm³/mol. The molecule has 0 radical (unpaired) electrons. The quantitative estimate of drug-likeness (QED) is 0.741. The number of carbonyl (C=O) groups excluding carboxylic acids is 2. The fourth-order valence-corrected chi connectivity index (χ4v) is 6.35. The minimum atomic E-state index is -3.74. The molecule has 2 aliphatic rings. The minimum absolute atomic E-state index is 0.0414. The van der Waals surface area contributed by atoms with Crippen molar-refractivity contribution in [2.45, 2.75) is 51.3 Å². The molecule has 2 amide bonds. The number of carbonyl (C=O) groups is 2. The molecular formula is C25H31N3O4S. The molecular weight excluding hydrogens is 438 g/mol. The Bertz CT molecular complexity index is 1190. The van der Waals surface area contributed by atoms with Crippen LogP contribution < -0.4 is 10.2 Å². The first kappa shape index (κ1) is 23.4. The fourth-order valence-electron chi connectivity index (χ4n) is 4.77. The number of aryl methyl sites for hydroxylation is 3. The second kappa shape index (κ2) is 9.27. The number of hydrogen-bond acceptors (Lipinski definition) is 4. The van der Waals surface area contributed by atoms with Gasteiger partial charge in [0.2, 0.25) is 21.8 Å². The Labute approximate surface area is 195 Å². The third kappa shape index (κ3) is 4.82. The number of amides is 2. The SMILES string of the molecule is CC(=O)N1CCCc2cc(S(=O)(=O)N3CCC[C@H](C(=O)Nc4ccc(C)cc4C)C3)ccc21. The zero-order valence-corrected chi connectivity index (χ0v) is 20.2. The van der Waals surface area contributed by atoms with Gasteiger partial charge in [0.15, 0.2) is 0 Å². The lowest BCUT2D eigenvalue weighted by Crippen LogP contribution is -2.43. The number of piperidine rings is 1. The standard InChI is InChI=1S/C25H31N3O4S/c1-17-8-10-23(18(2)14-17)26-25(30)21-7-4-12-27(16-21)33(31,32)22-9-11-24-20(15-22)6-5-13-28(24)19(3)29/h8-11,14-15,21H,4-7,12-13,16H2,1-3H3,(H,26,30)/t21-/m0/s1. The molecule has 0 bridgehead atoms. The molecule has 8 heteroatoms. The van der Waals surface area contributed by atoms with E-state index in [9.17, 15) is 18.0 Å². The highest BCUT2D eigenvalue weighted by Crippen LogP contribution is 2.32. The molecule has 7 nitrogen and oxygen atoms in total. The van der Waals surface area contributed by atoms with E-state index in [4.69, 9.17) is 0 Å². The zero-order valence-electron chi connectivity index (χ0n) is 19.4. The smallest absolute Gasteiger partial charge is 0.243 e. The summed E-state index contributed by atoms with van der Waals surface area (Å²) in [7, 11) is -3.74. The molecule has 1 atom stereocenters. The highest BCUT2D eigenvalue weighted by Gasteiger charge is 2.34. The van der Waals surface area contributed by atoms with E-state index in [1.165, 1.54) is 11.2 Å². The van der Waals surface area contributed by atoms with Crippen LogP contribution in [0.15, 0.2) is 41.3 Å². The molecule has 0 saturated carbocycles. The molecule has 2 aromatic carbocycles. The Morgan fingerprint density at radius 1 is 1.03 bits per heavy atom. The van der Waals surface area contributed by atoms with Crippen LogP contribution in [0.3, 0.4) is 0 Å². The topological polar surface area (TPSA) is 86.8 Å². The van der Waals surface area contributed by atoms with Crippen molar-refractivity contribution in [1.82, 2.24) is 4.31 Å². The van der Waals surface area contributed by atoms with Gasteiger partial charge in [-0.1, -0.05) is 17.7 Å². The molecule has 176 valence electrons. The largest absolute Gasteiger partial charge is 0.326 e. The van der Waals surface area contributed by atoms with Gasteiger partial charge in [-0.2, -0.15) is 4.31 Å². The Balaban J connectivity index is 1.51. The number of nitrogens with one attached hydrogen (secondary N) is 1. The van der Waals surface area contributed by atoms with Gasteiger partial charge in [0.05, 0.1) is 10.8 Å². The first-order valence-electron chi connectivity index (χ1n) is 11.5. The van der Waals surface area contributed by atoms with Crippen LogP contribution in [0.1, 0.15) is 42.9 Å². The van der Waals surface area contributed by atoms with Crippen LogP contribution >= 0.6 is 0 Å². The summed E-state index contributed by atoms with van der Waals surface area (Å²) in [6, 6.07) is 10.8. The number of nitrogens with zero attached hydrogens (tertiary/aromatic N) is 2. The van der Waals surface area contributed by atoms with Gasteiger partial charge in [-0.15, -0.1) is 0 Å². The lowest BCUT2D eigenvalue weighted by atomic mass is 9.98. The number of sulfonamides is 1. The zero-order chi connectivity index (χ0) is 23.8. The number of hydrogen-bond donors (Lipinski definition) is 1. The molecule has 0 aliphatic carbocycles. The van der Waals surface area contributed by atoms with Crippen LogP contribution in [-0.4, -0.2) is 44.2 Å². The predicted octanol–water partition coefficient (Wildman–Crippen LogP) is 3.64. The van der Waals surface area contributed by atoms with E-state index in [0.29, 0.717) is 25.9 Å². The molecule has 0 unspecified atom stereocenters. The van der Waals surface area contributed by atoms with Crippen molar-refractivity contribution in [2.75, 3.05) is 29.9 Å². The Morgan fingerprint density at radius 3 is 2.55 bits per heavy atom. The van der Waals surface area contributed by atoms with Crippen molar-refractivity contribution >= 4 is 33.2 Å². The Morgan fingerprint density at radius 2 is 1.82 bits per heavy atom. The van der Waals surface area contributed by atoms with E-state index < -0.39 is 15.9 Å². The summed E-state index contributed by atoms with van der Waals surface area (Å²) in [5.41, 5.74) is 4.53. The van der Waals surface area contributed by atoms with Crippen LogP contribution in [0.2, 0.25) is 0 Å². The molecule has 1 N–H and O–H groups in total. The third-order valence-electron chi connectivity index (χ3n) is 6.58. The second-order valence-electron chi connectivity index (χ2n) is 9.07. The lowest BCUT2D eigenvalue weighted by molar-refractivity contribution is -0.121. The maximum absolute atomic E-state index is 13.4. The van der Waals surface area contributed by atoms with Crippen LogP contribution in [0, 0.1) is 19.8 Å². The van der Waals surface area contributed by atoms with Crippen LogP contribution in [0.4, 0.5) is 11.4 Å². The normalized spacial score (nSPS) is 19.1. The number of benzene rings is 2. The number of rotatable bonds is 4. The summed E-state index contributed by atoms with van der Waals surface area (Å²) in [4.78, 5) is 26.8. The van der Waals surface area contributed by atoms with Gasteiger partial charge in [-0.05, 0) is 74.9 Å². The summed E-state index contributed by atoms with van der Waals surface area (Å²) in [6.07, 6.45) is 2.83. The van der Waals surface area contributed by atoms with Crippen molar-refractivity contribution < 1.29 is 18.0 Å². The van der Waals surface area contributed by atoms with E-state index in [-0.39, 0.29) is 23.3 Å². The van der Waals surface area contributed by atoms with Gasteiger partial charge in [0.1, 0.15) is 0 Å². The molecule has 0 spiro atoms. The molecule has 2 aromatic rings. The summed E-state index contributed by atoms with van der Waals surface area (Å²) in [5.74, 6) is -0.593. The minimum Gasteiger partial charge on any atom is -0.326 e. The molecule has 2 heterocycles. The average Bonchev–Trinajstić information content (AvgIpc) is 2.80. The summed E-state index contributed by atoms with van der Waals surface area (Å²) < 4.78 is 28.3. The fraction of sp³-hybridized carbons (Fsp3) is 0.440. The van der Waals surface area contributed by atoms with E-state index >= 15 is 0 Å². The molecule has 2 aliphatic heterocycles. The van der Waals surface area contributed by atoms with Crippen molar-refractivity contribution in [1.29, 1.82) is 0 Å². The molecule has 1 fully saturated rings. The Kier molecular flexibility index (Phi) is 6.59. The van der Waals surface area contributed by atoms with Crippen molar-refractivity contribution in [3.8, 4) is 0 Å². The van der Waals surface area contributed by atoms with Gasteiger partial charge >= 0.3 is 0 Å². The van der Waals surface area contributed by atoms with Crippen LogP contribution in [0.5, 0.6) is 0 Å². The van der Waals surface area contributed by atoms with E-state index in [1.54, 1.807) is 23.1 Å². The van der Waals surface area contributed by atoms with Gasteiger partial charge in [-0.3, -0.25) is 9.59 Å². The van der Waals surface area contributed by atoms with Gasteiger partial charge in [0, 0.05) is 37.9 Å². The first-order chi connectivity index (χ1) is 15.7. The van der Waals surface area contributed by atoms with Gasteiger partial charge in [-0.25, -0.2) is 8.42 Å². The second-order valence-corrected chi connectivity index (χ2v) is 11.0. The van der Waals surface area contributed by atoms with Crippen molar-refractivity contribution in [3.05, 3.63) is 53.1 Å². The maximum atomic E-state index is 13.4. The Hall–Kier alpha value is -2.71. The monoisotopic (exact) mass is 469 g/mol. The van der Waals surface area contributed by atoms with Gasteiger partial charge < -0.3 is 10.2 Å². The van der Waals surface area contributed by atoms with E-state index in [1.807, 2.05) is 32.0 Å². The lowest BCUT2D eigenvalue weighted by Gasteiger charge is -2.32. The van der Waals surface area contributed by atoms with E-state index in [2.05, 4.69) is 5.32 Å². The molecule has 33 heavy (non-hydrogen) atoms. The summed E-state index contributed by atoms with van der Waals surface area (Å²) >= 11 is 0. The third-order valence-corrected chi connectivity index (χ3v) is 8.44. The average molecular weight is 470 g/mol. The summed E-state index contributed by atoms with van der Waals surface area (Å²) in [5, 5.41) is 2.98. The van der Waals surface area contributed by atoms with E-state index in [0.717, 1.165) is 40.9 Å². The van der Waals surface area contributed by atoms with Gasteiger partial charge in [0.25, 0.3) is 0 Å². The molecule has 0 aromatic heterocycles. The van der Waals surface area contributed by atoms with Crippen LogP contribution in [0.25, 0.3) is 0 Å². The summed E-state index contributed by atoms with van der Waals surface area (Å²) in [6.45, 7) is 6.68. The number of fused-ring (bicyclic) bond motifs is 1. The first-order valence-corrected chi connectivity index (χ1v) is 12.9. The molecule has 1 saturated heterocycles. The number of anilines is 2.